The number of aliphatic carboxylic acids is 3. The van der Waals surface area contributed by atoms with Crippen molar-refractivity contribution in [2.45, 2.75) is 166 Å². The molecular formula is C98H92ClF4N9O6. The Morgan fingerprint density at radius 2 is 0.788 bits per heavy atom. The van der Waals surface area contributed by atoms with E-state index in [2.05, 4.69) is 191 Å². The summed E-state index contributed by atoms with van der Waals surface area (Å²) in [5.41, 5.74) is 23.8. The molecule has 0 spiro atoms. The molecule has 3 saturated carbocycles. The summed E-state index contributed by atoms with van der Waals surface area (Å²) in [7, 11) is 0. The standard InChI is InChI=1S/C33H32ClN3O2.C33H31F2N3O2.C32H29F2N3O2/c1-3-36-20-28(19-35-36)25-11-13-29-27(17-25)16-21(2)37(31-14-12-26(18-30(31)34)23-9-10-23)33(29)24-7-4-22(5-8-24)6-15-32(38)39;1-3-37-19-26(18-36-37)24-9-12-28-25(17-24)14-20(2)38(27-10-7-23(8-11-27)22-5-6-22)33(28)32-29(34)15-21(16-30(32)35)4-13-31(39)40;1-20-16-26-17-25(27-18-35-36(19-27)32(33)34)11-14-29(26)31(24-5-2-21(3-6-24)4-15-30(38)39)37(20)28-12-9-23(10-13-28)22-7-8-22/h4-8,11-15,17-21,23,33H,3,9-10,16H2,1-2H3,(H,38,39);4,7-13,15-20,22,33H,3,5-6,14H2,1-2H3,(H,39,40);2-6,9-15,17-20,22,31-32H,7-8,16H2,1H3,(H,38,39)/b15-6+;13-4+;15-4+/t21-,33-;;/m1../s1. The predicted molar refractivity (Wildman–Crippen MR) is 458 cm³/mol. The molecule has 18 rings (SSSR count). The van der Waals surface area contributed by atoms with E-state index in [-0.39, 0.29) is 41.3 Å². The summed E-state index contributed by atoms with van der Waals surface area (Å²) in [5.74, 6) is -2.58. The van der Waals surface area contributed by atoms with Crippen LogP contribution in [0.1, 0.15) is 199 Å². The molecule has 3 N–H and O–H groups in total. The van der Waals surface area contributed by atoms with Crippen molar-refractivity contribution in [1.29, 1.82) is 0 Å². The number of carboxylic acids is 3. The lowest BCUT2D eigenvalue weighted by Crippen LogP contribution is -2.43. The van der Waals surface area contributed by atoms with E-state index in [1.54, 1.807) is 12.2 Å². The van der Waals surface area contributed by atoms with E-state index < -0.39 is 42.1 Å². The molecule has 6 aliphatic rings. The Balaban J connectivity index is 0.000000132. The fourth-order valence-corrected chi connectivity index (χ4v) is 17.7. The number of nitrogens with zero attached hydrogens (tertiary/aromatic N) is 9. The SMILES string of the molecule is CC1Cc2cc(-c3cnn(C(F)F)c3)ccc2C(c2ccc(/C=C/C(=O)O)cc2)N1c1ccc(C2CC2)cc1.CCn1cc(-c2ccc3c(c2)CC(C)N(c2ccc(C4CC4)cc2)C3c2c(F)cc(/C=C/C(=O)O)cc2F)cn1.CCn1cc(-c2ccc3c(c2)C[C@@H](C)N(c2ccc(C4CC4)cc2Cl)[C@@H]3c2ccc(/C=C/C(=O)O)cc2)cn1. The maximum atomic E-state index is 15.8. The van der Waals surface area contributed by atoms with Crippen LogP contribution in [-0.2, 0) is 46.7 Å². The summed E-state index contributed by atoms with van der Waals surface area (Å²) in [5, 5.41) is 40.5. The number of carboxylic acid groups (broad SMARTS) is 3. The number of aromatic nitrogens is 6. The molecule has 118 heavy (non-hydrogen) atoms. The van der Waals surface area contributed by atoms with Gasteiger partial charge in [-0.3, -0.25) is 9.36 Å². The van der Waals surface area contributed by atoms with Crippen LogP contribution in [0.3, 0.4) is 0 Å². The molecule has 12 aromatic rings. The molecule has 0 saturated heterocycles. The Hall–Kier alpha value is -12.4. The zero-order chi connectivity index (χ0) is 82.2. The number of rotatable bonds is 21. The molecule has 6 atom stereocenters. The fourth-order valence-electron chi connectivity index (χ4n) is 17.4. The van der Waals surface area contributed by atoms with Gasteiger partial charge in [-0.15, -0.1) is 0 Å². The van der Waals surface area contributed by atoms with Crippen molar-refractivity contribution in [2.24, 2.45) is 0 Å². The summed E-state index contributed by atoms with van der Waals surface area (Å²) < 4.78 is 62.4. The van der Waals surface area contributed by atoms with Crippen molar-refractivity contribution < 1.29 is 47.3 Å². The average molecular weight is 1600 g/mol. The van der Waals surface area contributed by atoms with Gasteiger partial charge in [-0.1, -0.05) is 145 Å². The zero-order valence-electron chi connectivity index (χ0n) is 66.3. The molecule has 3 aliphatic heterocycles. The fraction of sp³-hybridized carbons (Fsp3) is 0.265. The number of aryl methyl sites for hydroxylation is 2. The average Bonchev–Trinajstić information content (AvgIpc) is 0.785. The lowest BCUT2D eigenvalue weighted by molar-refractivity contribution is -0.132. The van der Waals surface area contributed by atoms with E-state index in [9.17, 15) is 23.2 Å². The monoisotopic (exact) mass is 1600 g/mol. The molecule has 0 amide bonds. The molecule has 3 fully saturated rings. The maximum absolute atomic E-state index is 15.8. The van der Waals surface area contributed by atoms with Crippen LogP contribution in [0.5, 0.6) is 0 Å². The summed E-state index contributed by atoms with van der Waals surface area (Å²) in [6.45, 7) is 9.65. The van der Waals surface area contributed by atoms with Crippen LogP contribution in [0.4, 0.5) is 34.6 Å². The number of carbonyl (C=O) groups is 3. The highest BCUT2D eigenvalue weighted by atomic mass is 35.5. The van der Waals surface area contributed by atoms with Crippen molar-refractivity contribution in [2.75, 3.05) is 14.7 Å². The first-order valence-electron chi connectivity index (χ1n) is 40.6. The minimum Gasteiger partial charge on any atom is -0.478 e. The Labute approximate surface area is 689 Å². The van der Waals surface area contributed by atoms with Gasteiger partial charge in [-0.05, 0) is 271 Å². The van der Waals surface area contributed by atoms with E-state index in [0.29, 0.717) is 34.4 Å². The molecule has 20 heteroatoms. The number of anilines is 3. The molecule has 4 unspecified atom stereocenters. The first-order valence-corrected chi connectivity index (χ1v) is 41.0. The van der Waals surface area contributed by atoms with Gasteiger partial charge in [0.2, 0.25) is 0 Å². The predicted octanol–water partition coefficient (Wildman–Crippen LogP) is 22.6. The number of benzene rings is 9. The zero-order valence-corrected chi connectivity index (χ0v) is 67.0. The van der Waals surface area contributed by atoms with Gasteiger partial charge in [0.05, 0.1) is 53.0 Å². The van der Waals surface area contributed by atoms with Crippen LogP contribution in [0.2, 0.25) is 5.02 Å². The van der Waals surface area contributed by atoms with Gasteiger partial charge in [-0.2, -0.15) is 24.1 Å². The number of hydrogen-bond acceptors (Lipinski definition) is 9. The Kier molecular flexibility index (Phi) is 23.0. The molecule has 0 bridgehead atoms. The Bertz CT molecular complexity index is 5780. The molecule has 15 nitrogen and oxygen atoms in total. The van der Waals surface area contributed by atoms with Gasteiger partial charge < -0.3 is 30.0 Å². The maximum Gasteiger partial charge on any atom is 0.333 e. The molecule has 6 heterocycles. The second-order valence-corrected chi connectivity index (χ2v) is 32.4. The minimum atomic E-state index is -2.67. The van der Waals surface area contributed by atoms with Gasteiger partial charge in [0.1, 0.15) is 11.6 Å². The third-order valence-corrected chi connectivity index (χ3v) is 24.0. The van der Waals surface area contributed by atoms with Crippen molar-refractivity contribution in [1.82, 2.24) is 29.3 Å². The highest BCUT2D eigenvalue weighted by Gasteiger charge is 2.40. The van der Waals surface area contributed by atoms with E-state index in [1.807, 2.05) is 77.3 Å². The van der Waals surface area contributed by atoms with Crippen molar-refractivity contribution in [3.63, 3.8) is 0 Å². The molecule has 3 aliphatic carbocycles. The van der Waals surface area contributed by atoms with E-state index in [0.717, 1.165) is 121 Å². The molecule has 0 radical (unpaired) electrons. The molecule has 3 aromatic heterocycles. The topological polar surface area (TPSA) is 175 Å². The van der Waals surface area contributed by atoms with Crippen LogP contribution < -0.4 is 14.7 Å². The van der Waals surface area contributed by atoms with Crippen LogP contribution in [0.25, 0.3) is 51.6 Å². The summed E-state index contributed by atoms with van der Waals surface area (Å²) in [6.07, 6.45) is 28.2. The van der Waals surface area contributed by atoms with Gasteiger partial charge >= 0.3 is 24.5 Å². The Morgan fingerprint density at radius 3 is 1.18 bits per heavy atom. The largest absolute Gasteiger partial charge is 0.478 e. The van der Waals surface area contributed by atoms with Crippen LogP contribution in [0, 0.1) is 11.6 Å². The molecular weight excluding hydrogens is 1510 g/mol. The highest BCUT2D eigenvalue weighted by molar-refractivity contribution is 6.33. The van der Waals surface area contributed by atoms with Gasteiger partial charge in [0, 0.05) is 96.1 Å². The van der Waals surface area contributed by atoms with Crippen LogP contribution >= 0.6 is 11.6 Å². The second-order valence-electron chi connectivity index (χ2n) is 31.9. The van der Waals surface area contributed by atoms with Crippen LogP contribution in [-0.4, -0.2) is 80.7 Å². The van der Waals surface area contributed by atoms with Gasteiger partial charge in [0.25, 0.3) is 0 Å². The number of hydrogen-bond donors (Lipinski definition) is 3. The summed E-state index contributed by atoms with van der Waals surface area (Å²) in [6, 6.07) is 61.1. The van der Waals surface area contributed by atoms with E-state index in [4.69, 9.17) is 26.9 Å². The smallest absolute Gasteiger partial charge is 0.333 e. The minimum absolute atomic E-state index is 0.0297. The number of halogens is 5. The van der Waals surface area contributed by atoms with Gasteiger partial charge in [0.15, 0.2) is 0 Å². The first-order chi connectivity index (χ1) is 57.1. The molecule has 9 aromatic carbocycles. The summed E-state index contributed by atoms with van der Waals surface area (Å²) in [4.78, 5) is 39.9. The lowest BCUT2D eigenvalue weighted by Gasteiger charge is -2.44. The number of alkyl halides is 2. The lowest BCUT2D eigenvalue weighted by atomic mass is 9.82. The van der Waals surface area contributed by atoms with Crippen molar-refractivity contribution in [3.05, 3.63) is 338 Å². The van der Waals surface area contributed by atoms with Crippen molar-refractivity contribution >= 4 is 64.8 Å². The van der Waals surface area contributed by atoms with Crippen LogP contribution in [0.15, 0.2) is 237 Å². The third-order valence-electron chi connectivity index (χ3n) is 23.7. The first kappa shape index (κ1) is 79.5. The summed E-state index contributed by atoms with van der Waals surface area (Å²) >= 11 is 6.98. The van der Waals surface area contributed by atoms with E-state index >= 15 is 8.78 Å². The van der Waals surface area contributed by atoms with Gasteiger partial charge in [-0.25, -0.2) is 27.8 Å². The second kappa shape index (κ2) is 34.1. The van der Waals surface area contributed by atoms with E-state index in [1.165, 1.54) is 114 Å². The molecule has 600 valence electrons. The van der Waals surface area contributed by atoms with Crippen molar-refractivity contribution in [3.8, 4) is 33.4 Å². The number of fused-ring (bicyclic) bond motifs is 3. The Morgan fingerprint density at radius 1 is 0.424 bits per heavy atom. The quantitative estimate of drug-likeness (QED) is 0.0459. The highest BCUT2D eigenvalue weighted by Crippen LogP contribution is 2.51. The normalized spacial score (nSPS) is 18.9. The third kappa shape index (κ3) is 17.4.